The fraction of sp³-hybridized carbons (Fsp3) is 0.467. The fourth-order valence-electron chi connectivity index (χ4n) is 1.65. The lowest BCUT2D eigenvalue weighted by Gasteiger charge is -2.24. The van der Waals surface area contributed by atoms with Gasteiger partial charge in [0.25, 0.3) is 5.91 Å². The monoisotopic (exact) mass is 299 g/mol. The minimum atomic E-state index is -3.18. The number of halogens is 2. The molecule has 0 radical (unpaired) electrons. The molecule has 0 aromatic heterocycles. The van der Waals surface area contributed by atoms with Crippen LogP contribution in [0.3, 0.4) is 0 Å². The maximum atomic E-state index is 12.4. The van der Waals surface area contributed by atoms with E-state index in [-0.39, 0.29) is 6.42 Å². The number of amides is 1. The largest absolute Gasteiger partial charge is 0.458 e. The number of benzene rings is 1. The van der Waals surface area contributed by atoms with Crippen LogP contribution in [0.5, 0.6) is 0 Å². The summed E-state index contributed by atoms with van der Waals surface area (Å²) in [4.78, 5) is 23.2. The van der Waals surface area contributed by atoms with Crippen molar-refractivity contribution in [2.45, 2.75) is 45.3 Å². The van der Waals surface area contributed by atoms with Crippen molar-refractivity contribution in [2.24, 2.45) is 0 Å². The van der Waals surface area contributed by atoms with E-state index in [0.717, 1.165) is 5.56 Å². The molecule has 0 saturated carbocycles. The molecule has 0 heterocycles. The molecule has 116 valence electrons. The van der Waals surface area contributed by atoms with Gasteiger partial charge in [0.15, 0.2) is 0 Å². The first-order valence-corrected chi connectivity index (χ1v) is 6.54. The highest BCUT2D eigenvalue weighted by atomic mass is 19.3. The van der Waals surface area contributed by atoms with Crippen molar-refractivity contribution in [3.8, 4) is 0 Å². The van der Waals surface area contributed by atoms with Gasteiger partial charge in [-0.3, -0.25) is 4.79 Å². The maximum Gasteiger partial charge on any atom is 0.329 e. The van der Waals surface area contributed by atoms with Gasteiger partial charge in [0.05, 0.1) is 0 Å². The van der Waals surface area contributed by atoms with Crippen LogP contribution in [0.25, 0.3) is 0 Å². The normalized spacial score (nSPS) is 12.9. The fourth-order valence-corrected chi connectivity index (χ4v) is 1.65. The maximum absolute atomic E-state index is 12.4. The van der Waals surface area contributed by atoms with Crippen molar-refractivity contribution in [1.29, 1.82) is 0 Å². The summed E-state index contributed by atoms with van der Waals surface area (Å²) in [5.74, 6) is -2.22. The zero-order chi connectivity index (χ0) is 16.0. The molecule has 21 heavy (non-hydrogen) atoms. The second-order valence-corrected chi connectivity index (χ2v) is 5.59. The lowest BCUT2D eigenvalue weighted by Crippen LogP contribution is -2.47. The first-order valence-electron chi connectivity index (χ1n) is 6.54. The van der Waals surface area contributed by atoms with Gasteiger partial charge in [-0.25, -0.2) is 4.79 Å². The van der Waals surface area contributed by atoms with E-state index in [1.54, 1.807) is 51.1 Å². The Morgan fingerprint density at radius 3 is 2.24 bits per heavy atom. The number of alkyl halides is 2. The van der Waals surface area contributed by atoms with Crippen LogP contribution in [-0.2, 0) is 20.7 Å². The van der Waals surface area contributed by atoms with Crippen LogP contribution in [0.1, 0.15) is 26.3 Å². The summed E-state index contributed by atoms with van der Waals surface area (Å²) < 4.78 is 29.9. The second-order valence-electron chi connectivity index (χ2n) is 5.59. The van der Waals surface area contributed by atoms with Crippen LogP contribution in [-0.4, -0.2) is 29.9 Å². The van der Waals surface area contributed by atoms with E-state index in [9.17, 15) is 18.4 Å². The number of hydrogen-bond acceptors (Lipinski definition) is 3. The zero-order valence-electron chi connectivity index (χ0n) is 12.2. The molecule has 1 rings (SSSR count). The van der Waals surface area contributed by atoms with Gasteiger partial charge in [0.1, 0.15) is 11.6 Å². The molecule has 1 N–H and O–H groups in total. The molecule has 0 aliphatic rings. The number of carbonyl (C=O) groups is 2. The third-order valence-electron chi connectivity index (χ3n) is 2.49. The summed E-state index contributed by atoms with van der Waals surface area (Å²) in [5, 5.41) is 2.02. The molecule has 0 spiro atoms. The minimum absolute atomic E-state index is 0.0915. The van der Waals surface area contributed by atoms with Gasteiger partial charge in [-0.1, -0.05) is 30.3 Å². The Morgan fingerprint density at radius 2 is 1.76 bits per heavy atom. The molecule has 1 atom stereocenters. The number of rotatable bonds is 5. The minimum Gasteiger partial charge on any atom is -0.458 e. The van der Waals surface area contributed by atoms with Crippen LogP contribution in [0, 0.1) is 0 Å². The molecule has 0 fully saturated rings. The Bertz CT molecular complexity index is 483. The van der Waals surface area contributed by atoms with E-state index in [2.05, 4.69) is 0 Å². The van der Waals surface area contributed by atoms with Crippen LogP contribution >= 0.6 is 0 Å². The molecule has 0 bridgehead atoms. The summed E-state index contributed by atoms with van der Waals surface area (Å²) in [7, 11) is 0. The average Bonchev–Trinajstić information content (AvgIpc) is 2.36. The van der Waals surface area contributed by atoms with E-state index in [0.29, 0.717) is 0 Å². The van der Waals surface area contributed by atoms with Gasteiger partial charge in [0.2, 0.25) is 0 Å². The van der Waals surface area contributed by atoms with Crippen LogP contribution in [0.15, 0.2) is 30.3 Å². The topological polar surface area (TPSA) is 55.4 Å². The molecule has 1 aromatic carbocycles. The Balaban J connectivity index is 2.84. The summed E-state index contributed by atoms with van der Waals surface area (Å²) in [6, 6.07) is 7.65. The quantitative estimate of drug-likeness (QED) is 0.849. The molecule has 0 aliphatic heterocycles. The first kappa shape index (κ1) is 17.1. The lowest BCUT2D eigenvalue weighted by atomic mass is 10.1. The van der Waals surface area contributed by atoms with Crippen molar-refractivity contribution in [1.82, 2.24) is 5.32 Å². The number of esters is 1. The van der Waals surface area contributed by atoms with Crippen molar-refractivity contribution >= 4 is 11.9 Å². The predicted octanol–water partition coefficient (Wildman–Crippen LogP) is 2.32. The highest BCUT2D eigenvalue weighted by Crippen LogP contribution is 2.12. The third kappa shape index (κ3) is 6.33. The predicted molar refractivity (Wildman–Crippen MR) is 73.9 cm³/mol. The zero-order valence-corrected chi connectivity index (χ0v) is 12.2. The SMILES string of the molecule is CC(C)(C)OC(=O)C(Cc1ccccc1)NC(=O)C(F)F. The van der Waals surface area contributed by atoms with Crippen LogP contribution in [0.4, 0.5) is 8.78 Å². The highest BCUT2D eigenvalue weighted by molar-refractivity contribution is 5.86. The standard InChI is InChI=1S/C15H19F2NO3/c1-15(2,3)21-14(20)11(18-13(19)12(16)17)9-10-7-5-4-6-8-10/h4-8,11-12H,9H2,1-3H3,(H,18,19). The van der Waals surface area contributed by atoms with Crippen molar-refractivity contribution in [3.05, 3.63) is 35.9 Å². The Kier molecular flexibility index (Phi) is 5.81. The first-order chi connectivity index (χ1) is 9.69. The molecule has 4 nitrogen and oxygen atoms in total. The molecule has 0 aliphatic carbocycles. The smallest absolute Gasteiger partial charge is 0.329 e. The summed E-state index contributed by atoms with van der Waals surface area (Å²) >= 11 is 0. The molecular formula is C15H19F2NO3. The number of nitrogens with one attached hydrogen (secondary N) is 1. The lowest BCUT2D eigenvalue weighted by molar-refractivity contribution is -0.159. The summed E-state index contributed by atoms with van der Waals surface area (Å²) in [6.07, 6.45) is -3.08. The molecule has 1 unspecified atom stereocenters. The number of ether oxygens (including phenoxy) is 1. The van der Waals surface area contributed by atoms with Gasteiger partial charge in [-0.15, -0.1) is 0 Å². The number of carbonyl (C=O) groups excluding carboxylic acids is 2. The van der Waals surface area contributed by atoms with E-state index < -0.39 is 29.9 Å². The summed E-state index contributed by atoms with van der Waals surface area (Å²) in [5.41, 5.74) is -0.0235. The van der Waals surface area contributed by atoms with Crippen LogP contribution < -0.4 is 5.32 Å². The van der Waals surface area contributed by atoms with Gasteiger partial charge in [-0.05, 0) is 26.3 Å². The average molecular weight is 299 g/mol. The molecule has 1 aromatic rings. The Labute approximate surface area is 122 Å². The van der Waals surface area contributed by atoms with Crippen molar-refractivity contribution in [2.75, 3.05) is 0 Å². The van der Waals surface area contributed by atoms with E-state index in [4.69, 9.17) is 4.74 Å². The molecule has 0 saturated heterocycles. The molecule has 6 heteroatoms. The van der Waals surface area contributed by atoms with Gasteiger partial charge < -0.3 is 10.1 Å². The Morgan fingerprint density at radius 1 is 1.19 bits per heavy atom. The van der Waals surface area contributed by atoms with Crippen LogP contribution in [0.2, 0.25) is 0 Å². The van der Waals surface area contributed by atoms with E-state index in [1.165, 1.54) is 0 Å². The second kappa shape index (κ2) is 7.15. The van der Waals surface area contributed by atoms with Gasteiger partial charge >= 0.3 is 12.4 Å². The van der Waals surface area contributed by atoms with Gasteiger partial charge in [0, 0.05) is 6.42 Å². The van der Waals surface area contributed by atoms with E-state index in [1.807, 2.05) is 5.32 Å². The molecule has 1 amide bonds. The highest BCUT2D eigenvalue weighted by Gasteiger charge is 2.29. The van der Waals surface area contributed by atoms with Crippen molar-refractivity contribution in [3.63, 3.8) is 0 Å². The van der Waals surface area contributed by atoms with E-state index >= 15 is 0 Å². The van der Waals surface area contributed by atoms with Crippen molar-refractivity contribution < 1.29 is 23.1 Å². The third-order valence-corrected chi connectivity index (χ3v) is 2.49. The summed E-state index contributed by atoms with van der Waals surface area (Å²) in [6.45, 7) is 5.00. The number of hydrogen-bond donors (Lipinski definition) is 1. The Hall–Kier alpha value is -1.98. The van der Waals surface area contributed by atoms with Gasteiger partial charge in [-0.2, -0.15) is 8.78 Å². The molecular weight excluding hydrogens is 280 g/mol.